The zero-order valence-electron chi connectivity index (χ0n) is 26.5. The van der Waals surface area contributed by atoms with E-state index in [0.29, 0.717) is 48.0 Å². The molecule has 0 aromatic carbocycles. The molecule has 0 bridgehead atoms. The first-order valence-corrected chi connectivity index (χ1v) is 14.5. The number of carbonyl (C=O) groups is 3. The van der Waals surface area contributed by atoms with Crippen molar-refractivity contribution in [3.8, 4) is 0 Å². The lowest BCUT2D eigenvalue weighted by Gasteiger charge is -2.20. The van der Waals surface area contributed by atoms with Gasteiger partial charge < -0.3 is 31.5 Å². The highest BCUT2D eigenvalue weighted by molar-refractivity contribution is 6.15. The second-order valence-corrected chi connectivity index (χ2v) is 9.48. The predicted octanol–water partition coefficient (Wildman–Crippen LogP) is 3.31. The maximum Gasteiger partial charge on any atom is 0.407 e. The molecule has 0 spiro atoms. The maximum atomic E-state index is 12.9. The Morgan fingerprint density at radius 3 is 1.66 bits per heavy atom. The molecule has 3 amide bonds. The van der Waals surface area contributed by atoms with Crippen LogP contribution in [-0.4, -0.2) is 87.3 Å². The van der Waals surface area contributed by atoms with Crippen molar-refractivity contribution in [2.24, 2.45) is 5.73 Å². The van der Waals surface area contributed by atoms with E-state index in [2.05, 4.69) is 37.7 Å². The van der Waals surface area contributed by atoms with Gasteiger partial charge in [0.15, 0.2) is 0 Å². The van der Waals surface area contributed by atoms with Gasteiger partial charge >= 0.3 is 6.09 Å². The number of ether oxygens (including phenoxy) is 1. The van der Waals surface area contributed by atoms with E-state index in [1.807, 2.05) is 13.8 Å². The smallest absolute Gasteiger partial charge is 0.407 e. The lowest BCUT2D eigenvalue weighted by Crippen LogP contribution is -2.34. The summed E-state index contributed by atoms with van der Waals surface area (Å²) < 4.78 is 33.2. The summed E-state index contributed by atoms with van der Waals surface area (Å²) in [6.45, 7) is 12.4. The fraction of sp³-hybridized carbons (Fsp3) is 0.536. The number of amides is 3. The van der Waals surface area contributed by atoms with Crippen molar-refractivity contribution < 1.29 is 33.0 Å². The van der Waals surface area contributed by atoms with Gasteiger partial charge in [0.2, 0.25) is 0 Å². The Morgan fingerprint density at radius 1 is 0.909 bits per heavy atom. The highest BCUT2D eigenvalue weighted by Crippen LogP contribution is 2.08. The van der Waals surface area contributed by atoms with E-state index in [1.165, 1.54) is 34.3 Å². The van der Waals surface area contributed by atoms with Gasteiger partial charge in [-0.15, -0.1) is 11.6 Å². The lowest BCUT2D eigenvalue weighted by atomic mass is 10.2. The summed E-state index contributed by atoms with van der Waals surface area (Å²) in [4.78, 5) is 34.6. The van der Waals surface area contributed by atoms with Gasteiger partial charge in [0.1, 0.15) is 5.60 Å². The molecule has 16 heteroatoms. The fourth-order valence-electron chi connectivity index (χ4n) is 2.85. The standard InChI is InChI=1S/C15H23FN4O3.C10H15FN4O.C2H6O.CH3Cl/c1-5-17-13(21)12-8-19-20(10-12)9-11(6-16)7-18-14(22)23-15(2,3)4;1-2-13-10(16)9-5-14-15(7-9)6-8(3-11)4-12;1-2-3;1-2/h6,8,10H,5,7,9H2,1-4H3,(H,17,21)(H,18,22);3,5,7H,2,4,6,12H2,1H3,(H,13,16);3H,2H2,1H3;1H3/b11-6+;8-3+;;. The van der Waals surface area contributed by atoms with E-state index in [0.717, 1.165) is 0 Å². The Kier molecular flexibility index (Phi) is 23.7. The first kappa shape index (κ1) is 42.3. The molecule has 0 atom stereocenters. The summed E-state index contributed by atoms with van der Waals surface area (Å²) >= 11 is 4.64. The van der Waals surface area contributed by atoms with Crippen LogP contribution in [-0.2, 0) is 17.8 Å². The van der Waals surface area contributed by atoms with Gasteiger partial charge in [0.25, 0.3) is 11.8 Å². The molecule has 2 aromatic rings. The third-order valence-electron chi connectivity index (χ3n) is 4.63. The van der Waals surface area contributed by atoms with Crippen LogP contribution >= 0.6 is 11.6 Å². The second-order valence-electron chi connectivity index (χ2n) is 9.48. The summed E-state index contributed by atoms with van der Waals surface area (Å²) in [5.41, 5.74) is 6.26. The molecule has 2 rings (SSSR count). The summed E-state index contributed by atoms with van der Waals surface area (Å²) in [6, 6.07) is 0. The molecule has 0 aliphatic carbocycles. The second kappa shape index (κ2) is 24.6. The Hall–Kier alpha value is -3.82. The Labute approximate surface area is 262 Å². The Balaban J connectivity index is 0. The number of carbonyl (C=O) groups excluding carboxylic acids is 3. The third-order valence-corrected chi connectivity index (χ3v) is 4.63. The monoisotopic (exact) mass is 648 g/mol. The largest absolute Gasteiger partial charge is 0.444 e. The molecule has 44 heavy (non-hydrogen) atoms. The van der Waals surface area contributed by atoms with Crippen molar-refractivity contribution in [2.45, 2.75) is 60.2 Å². The molecule has 6 N–H and O–H groups in total. The first-order valence-electron chi connectivity index (χ1n) is 13.7. The van der Waals surface area contributed by atoms with Crippen LogP contribution in [0.2, 0.25) is 0 Å². The molecule has 0 saturated heterocycles. The van der Waals surface area contributed by atoms with Crippen molar-refractivity contribution in [1.29, 1.82) is 0 Å². The van der Waals surface area contributed by atoms with Crippen molar-refractivity contribution in [1.82, 2.24) is 35.5 Å². The SMILES string of the molecule is CCNC(=O)c1cnn(C/C(=C/F)CN)c1.CCNC(=O)c1cnn(C/C(=C/F)CNC(=O)OC(C)(C)C)c1.CCO.CCl. The van der Waals surface area contributed by atoms with Crippen LogP contribution in [0.3, 0.4) is 0 Å². The van der Waals surface area contributed by atoms with Gasteiger partial charge in [0.05, 0.1) is 49.3 Å². The quantitative estimate of drug-likeness (QED) is 0.230. The number of rotatable bonds is 11. The van der Waals surface area contributed by atoms with E-state index < -0.39 is 11.7 Å². The van der Waals surface area contributed by atoms with Crippen LogP contribution in [0.15, 0.2) is 48.6 Å². The number of nitrogens with one attached hydrogen (secondary N) is 3. The normalized spacial score (nSPS) is 11.0. The van der Waals surface area contributed by atoms with Crippen molar-refractivity contribution in [2.75, 3.05) is 39.2 Å². The highest BCUT2D eigenvalue weighted by atomic mass is 35.5. The molecule has 2 heterocycles. The summed E-state index contributed by atoms with van der Waals surface area (Å²) in [5, 5.41) is 23.3. The Bertz CT molecular complexity index is 1160. The molecule has 2 aromatic heterocycles. The number of alkyl carbamates (subject to hydrolysis) is 1. The molecule has 0 aliphatic heterocycles. The van der Waals surface area contributed by atoms with Crippen LogP contribution in [0, 0.1) is 0 Å². The predicted molar refractivity (Wildman–Crippen MR) is 167 cm³/mol. The number of aromatic nitrogens is 4. The fourth-order valence-corrected chi connectivity index (χ4v) is 2.85. The number of aliphatic hydroxyl groups excluding tert-OH is 1. The van der Waals surface area contributed by atoms with Gasteiger partial charge in [-0.25, -0.2) is 13.6 Å². The number of halogens is 3. The summed E-state index contributed by atoms with van der Waals surface area (Å²) in [6.07, 6.45) is 7.64. The molecule has 0 saturated carbocycles. The minimum absolute atomic E-state index is 0.0121. The van der Waals surface area contributed by atoms with E-state index >= 15 is 0 Å². The van der Waals surface area contributed by atoms with Crippen molar-refractivity contribution >= 4 is 29.5 Å². The average Bonchev–Trinajstić information content (AvgIpc) is 3.65. The Morgan fingerprint density at radius 2 is 1.32 bits per heavy atom. The van der Waals surface area contributed by atoms with Crippen molar-refractivity contribution in [3.05, 3.63) is 59.7 Å². The van der Waals surface area contributed by atoms with Gasteiger partial charge in [0, 0.05) is 51.6 Å². The molecule has 250 valence electrons. The van der Waals surface area contributed by atoms with Gasteiger partial charge in [-0.3, -0.25) is 19.0 Å². The van der Waals surface area contributed by atoms with Gasteiger partial charge in [-0.05, 0) is 52.7 Å². The van der Waals surface area contributed by atoms with Crippen LogP contribution in [0.25, 0.3) is 0 Å². The van der Waals surface area contributed by atoms with Gasteiger partial charge in [-0.1, -0.05) is 0 Å². The van der Waals surface area contributed by atoms with E-state index in [-0.39, 0.29) is 44.6 Å². The van der Waals surface area contributed by atoms with Crippen LogP contribution in [0.5, 0.6) is 0 Å². The number of nitrogens with two attached hydrogens (primary N) is 1. The van der Waals surface area contributed by atoms with E-state index in [1.54, 1.807) is 33.9 Å². The zero-order chi connectivity index (χ0) is 34.1. The first-order chi connectivity index (χ1) is 20.9. The van der Waals surface area contributed by atoms with Crippen LogP contribution in [0.1, 0.15) is 62.3 Å². The lowest BCUT2D eigenvalue weighted by molar-refractivity contribution is 0.0531. The topological polar surface area (TPSA) is 178 Å². The minimum Gasteiger partial charge on any atom is -0.444 e. The maximum absolute atomic E-state index is 12.9. The third kappa shape index (κ3) is 19.4. The number of aliphatic hydroxyl groups is 1. The molecule has 0 fully saturated rings. The average molecular weight is 649 g/mol. The summed E-state index contributed by atoms with van der Waals surface area (Å²) in [5.74, 6) is -0.427. The van der Waals surface area contributed by atoms with Crippen LogP contribution < -0.4 is 21.7 Å². The zero-order valence-corrected chi connectivity index (χ0v) is 27.3. The number of hydrogen-bond donors (Lipinski definition) is 5. The molecular weight excluding hydrogens is 602 g/mol. The van der Waals surface area contributed by atoms with Crippen molar-refractivity contribution in [3.63, 3.8) is 0 Å². The number of alkyl halides is 1. The molecule has 0 aliphatic rings. The number of hydrogen-bond acceptors (Lipinski definition) is 8. The summed E-state index contributed by atoms with van der Waals surface area (Å²) in [7, 11) is 0. The van der Waals surface area contributed by atoms with Crippen LogP contribution in [0.4, 0.5) is 13.6 Å². The van der Waals surface area contributed by atoms with E-state index in [4.69, 9.17) is 15.6 Å². The molecule has 0 unspecified atom stereocenters. The molecule has 13 nitrogen and oxygen atoms in total. The minimum atomic E-state index is -0.625. The number of nitrogens with zero attached hydrogens (tertiary/aromatic N) is 4. The molecular formula is C28H47ClF2N8O5. The molecule has 0 radical (unpaired) electrons. The van der Waals surface area contributed by atoms with E-state index in [9.17, 15) is 23.2 Å². The van der Waals surface area contributed by atoms with Gasteiger partial charge in [-0.2, -0.15) is 10.2 Å². The highest BCUT2D eigenvalue weighted by Gasteiger charge is 2.16.